The Morgan fingerprint density at radius 3 is 2.25 bits per heavy atom. The molecule has 2 heterocycles. The molecule has 2 aliphatic heterocycles. The van der Waals surface area contributed by atoms with Crippen molar-refractivity contribution in [3.05, 3.63) is 71.3 Å². The van der Waals surface area contributed by atoms with Crippen LogP contribution in [0.3, 0.4) is 0 Å². The van der Waals surface area contributed by atoms with Crippen molar-refractivity contribution in [2.45, 2.75) is 38.5 Å². The molecule has 2 saturated heterocycles. The molecule has 2 aliphatic rings. The Morgan fingerprint density at radius 2 is 1.53 bits per heavy atom. The highest BCUT2D eigenvalue weighted by Gasteiger charge is 2.20. The van der Waals surface area contributed by atoms with E-state index in [9.17, 15) is 0 Å². The molecule has 0 spiro atoms. The van der Waals surface area contributed by atoms with Crippen molar-refractivity contribution in [3.8, 4) is 0 Å². The van der Waals surface area contributed by atoms with E-state index in [4.69, 9.17) is 4.74 Å². The van der Waals surface area contributed by atoms with Crippen molar-refractivity contribution in [2.24, 2.45) is 4.99 Å². The standard InChI is InChI=1S/C26H37N5O/c1-27-26(29-25-11-13-30(14-12-25)20-22-7-3-2-4-8-22)28-19-23-9-5-6-10-24(23)21-31-15-17-32-18-16-31/h2-10,25H,11-21H2,1H3,(H2,27,28,29). The number of ether oxygens (including phenoxy) is 1. The highest BCUT2D eigenvalue weighted by Crippen LogP contribution is 2.15. The van der Waals surface area contributed by atoms with E-state index in [0.717, 1.165) is 77.8 Å². The lowest BCUT2D eigenvalue weighted by molar-refractivity contribution is 0.0341. The largest absolute Gasteiger partial charge is 0.379 e. The average molecular weight is 436 g/mol. The summed E-state index contributed by atoms with van der Waals surface area (Å²) < 4.78 is 5.49. The van der Waals surface area contributed by atoms with Crippen LogP contribution in [0.5, 0.6) is 0 Å². The zero-order valence-corrected chi connectivity index (χ0v) is 19.3. The van der Waals surface area contributed by atoms with E-state index in [-0.39, 0.29) is 0 Å². The number of guanidine groups is 1. The van der Waals surface area contributed by atoms with Crippen molar-refractivity contribution in [1.29, 1.82) is 0 Å². The van der Waals surface area contributed by atoms with E-state index in [1.807, 2.05) is 7.05 Å². The molecule has 0 radical (unpaired) electrons. The van der Waals surface area contributed by atoms with Gasteiger partial charge in [-0.15, -0.1) is 0 Å². The van der Waals surface area contributed by atoms with Crippen molar-refractivity contribution < 1.29 is 4.74 Å². The van der Waals surface area contributed by atoms with Gasteiger partial charge in [0, 0.05) is 58.9 Å². The van der Waals surface area contributed by atoms with Crippen molar-refractivity contribution in [2.75, 3.05) is 46.4 Å². The summed E-state index contributed by atoms with van der Waals surface area (Å²) in [6, 6.07) is 19.9. The zero-order valence-electron chi connectivity index (χ0n) is 19.3. The van der Waals surface area contributed by atoms with Crippen molar-refractivity contribution in [1.82, 2.24) is 20.4 Å². The highest BCUT2D eigenvalue weighted by atomic mass is 16.5. The lowest BCUT2D eigenvalue weighted by Gasteiger charge is -2.33. The number of nitrogens with one attached hydrogen (secondary N) is 2. The number of rotatable bonds is 7. The van der Waals surface area contributed by atoms with Crippen LogP contribution in [0.15, 0.2) is 59.6 Å². The summed E-state index contributed by atoms with van der Waals surface area (Å²) in [5.74, 6) is 0.896. The quantitative estimate of drug-likeness (QED) is 0.517. The Morgan fingerprint density at radius 1 is 0.875 bits per heavy atom. The number of morpholine rings is 1. The molecule has 32 heavy (non-hydrogen) atoms. The second kappa shape index (κ2) is 12.0. The van der Waals surface area contributed by atoms with Gasteiger partial charge >= 0.3 is 0 Å². The number of hydrogen-bond acceptors (Lipinski definition) is 4. The summed E-state index contributed by atoms with van der Waals surface area (Å²) in [5, 5.41) is 7.19. The van der Waals surface area contributed by atoms with Gasteiger partial charge in [0.05, 0.1) is 13.2 Å². The van der Waals surface area contributed by atoms with Gasteiger partial charge in [0.25, 0.3) is 0 Å². The fourth-order valence-corrected chi connectivity index (χ4v) is 4.53. The number of benzene rings is 2. The minimum absolute atomic E-state index is 0.469. The number of piperidine rings is 1. The molecule has 4 rings (SSSR count). The molecule has 0 aliphatic carbocycles. The van der Waals surface area contributed by atoms with Crippen LogP contribution in [0.25, 0.3) is 0 Å². The SMILES string of the molecule is CN=C(NCc1ccccc1CN1CCOCC1)NC1CCN(Cc2ccccc2)CC1. The third-order valence-electron chi connectivity index (χ3n) is 6.46. The van der Waals surface area contributed by atoms with Crippen LogP contribution in [0.4, 0.5) is 0 Å². The third-order valence-corrected chi connectivity index (χ3v) is 6.46. The first-order valence-corrected chi connectivity index (χ1v) is 11.9. The predicted octanol–water partition coefficient (Wildman–Crippen LogP) is 2.85. The average Bonchev–Trinajstić information content (AvgIpc) is 2.85. The number of likely N-dealkylation sites (tertiary alicyclic amines) is 1. The van der Waals surface area contributed by atoms with Gasteiger partial charge in [0.15, 0.2) is 5.96 Å². The van der Waals surface area contributed by atoms with Crippen LogP contribution < -0.4 is 10.6 Å². The smallest absolute Gasteiger partial charge is 0.191 e. The minimum Gasteiger partial charge on any atom is -0.379 e. The minimum atomic E-state index is 0.469. The molecule has 0 aromatic heterocycles. The number of nitrogens with zero attached hydrogens (tertiary/aromatic N) is 3. The highest BCUT2D eigenvalue weighted by molar-refractivity contribution is 5.80. The summed E-state index contributed by atoms with van der Waals surface area (Å²) in [6.45, 7) is 8.72. The molecule has 0 bridgehead atoms. The van der Waals surface area contributed by atoms with Gasteiger partial charge in [0.1, 0.15) is 0 Å². The van der Waals surface area contributed by atoms with E-state index in [2.05, 4.69) is 80.0 Å². The molecule has 2 fully saturated rings. The molecule has 172 valence electrons. The van der Waals surface area contributed by atoms with E-state index in [1.165, 1.54) is 16.7 Å². The maximum absolute atomic E-state index is 5.49. The van der Waals surface area contributed by atoms with E-state index < -0.39 is 0 Å². The molecular weight excluding hydrogens is 398 g/mol. The van der Waals surface area contributed by atoms with Crippen molar-refractivity contribution >= 4 is 5.96 Å². The molecule has 0 unspecified atom stereocenters. The second-order valence-corrected chi connectivity index (χ2v) is 8.76. The van der Waals surface area contributed by atoms with E-state index in [0.29, 0.717) is 6.04 Å². The Bertz CT molecular complexity index is 842. The lowest BCUT2D eigenvalue weighted by atomic mass is 10.0. The Kier molecular flexibility index (Phi) is 8.54. The lowest BCUT2D eigenvalue weighted by Crippen LogP contribution is -2.48. The second-order valence-electron chi connectivity index (χ2n) is 8.76. The van der Waals surface area contributed by atoms with Gasteiger partial charge in [-0.1, -0.05) is 54.6 Å². The third kappa shape index (κ3) is 6.79. The molecular formula is C26H37N5O. The topological polar surface area (TPSA) is 52.1 Å². The van der Waals surface area contributed by atoms with Crippen molar-refractivity contribution in [3.63, 3.8) is 0 Å². The summed E-state index contributed by atoms with van der Waals surface area (Å²) in [4.78, 5) is 9.50. The summed E-state index contributed by atoms with van der Waals surface area (Å²) in [7, 11) is 1.86. The van der Waals surface area contributed by atoms with Gasteiger partial charge < -0.3 is 15.4 Å². The summed E-state index contributed by atoms with van der Waals surface area (Å²) in [5.41, 5.74) is 4.11. The normalized spacial score (nSPS) is 19.1. The van der Waals surface area contributed by atoms with Gasteiger partial charge in [-0.2, -0.15) is 0 Å². The van der Waals surface area contributed by atoms with Crippen LogP contribution in [-0.2, 0) is 24.4 Å². The number of hydrogen-bond donors (Lipinski definition) is 2. The molecule has 0 atom stereocenters. The maximum atomic E-state index is 5.49. The van der Waals surface area contributed by atoms with Gasteiger partial charge in [-0.25, -0.2) is 0 Å². The molecule has 0 saturated carbocycles. The Hall–Kier alpha value is -2.41. The van der Waals surface area contributed by atoms with Gasteiger partial charge in [-0.05, 0) is 29.5 Å². The maximum Gasteiger partial charge on any atom is 0.191 e. The van der Waals surface area contributed by atoms with Crippen LogP contribution in [0, 0.1) is 0 Å². The first-order chi connectivity index (χ1) is 15.8. The molecule has 2 aromatic carbocycles. The van der Waals surface area contributed by atoms with E-state index in [1.54, 1.807) is 0 Å². The Labute approximate surface area is 192 Å². The molecule has 0 amide bonds. The molecule has 6 heteroatoms. The van der Waals surface area contributed by atoms with Crippen LogP contribution in [-0.4, -0.2) is 68.2 Å². The predicted molar refractivity (Wildman–Crippen MR) is 131 cm³/mol. The van der Waals surface area contributed by atoms with E-state index >= 15 is 0 Å². The van der Waals surface area contributed by atoms with Crippen LogP contribution >= 0.6 is 0 Å². The van der Waals surface area contributed by atoms with Gasteiger partial charge in [0.2, 0.25) is 0 Å². The first kappa shape index (κ1) is 22.8. The monoisotopic (exact) mass is 435 g/mol. The fourth-order valence-electron chi connectivity index (χ4n) is 4.53. The summed E-state index contributed by atoms with van der Waals surface area (Å²) >= 11 is 0. The summed E-state index contributed by atoms with van der Waals surface area (Å²) in [6.07, 6.45) is 2.28. The van der Waals surface area contributed by atoms with Gasteiger partial charge in [-0.3, -0.25) is 14.8 Å². The number of aliphatic imine (C=N–C) groups is 1. The van der Waals surface area contributed by atoms with Crippen LogP contribution in [0.2, 0.25) is 0 Å². The van der Waals surface area contributed by atoms with Crippen LogP contribution in [0.1, 0.15) is 29.5 Å². The molecule has 2 N–H and O–H groups in total. The fraction of sp³-hybridized carbons (Fsp3) is 0.500. The Balaban J connectivity index is 1.23. The zero-order chi connectivity index (χ0) is 22.0. The first-order valence-electron chi connectivity index (χ1n) is 11.9. The molecule has 2 aromatic rings. The molecule has 6 nitrogen and oxygen atoms in total.